The summed E-state index contributed by atoms with van der Waals surface area (Å²) in [6.07, 6.45) is 2.54. The summed E-state index contributed by atoms with van der Waals surface area (Å²) in [7, 11) is 0. The molecule has 0 aliphatic heterocycles. The highest BCUT2D eigenvalue weighted by molar-refractivity contribution is 6.00. The van der Waals surface area contributed by atoms with Gasteiger partial charge >= 0.3 is 11.9 Å². The van der Waals surface area contributed by atoms with E-state index in [9.17, 15) is 29.4 Å². The summed E-state index contributed by atoms with van der Waals surface area (Å²) in [5, 5.41) is 27.1. The van der Waals surface area contributed by atoms with Crippen LogP contribution in [0.5, 0.6) is 5.75 Å². The molecule has 1 aromatic heterocycles. The third-order valence-corrected chi connectivity index (χ3v) is 9.61. The van der Waals surface area contributed by atoms with Gasteiger partial charge in [-0.3, -0.25) is 24.2 Å². The van der Waals surface area contributed by atoms with E-state index in [4.69, 9.17) is 29.2 Å². The predicted molar refractivity (Wildman–Crippen MR) is 227 cm³/mol. The van der Waals surface area contributed by atoms with E-state index in [1.807, 2.05) is 67.6 Å². The molecule has 0 saturated heterocycles. The summed E-state index contributed by atoms with van der Waals surface area (Å²) >= 11 is 0. The molecule has 0 unspecified atom stereocenters. The number of nitrogens with one attached hydrogen (secondary N) is 1. The Bertz CT molecular complexity index is 2060. The summed E-state index contributed by atoms with van der Waals surface area (Å²) in [5.41, 5.74) is 12.6. The lowest BCUT2D eigenvalue weighted by molar-refractivity contribution is -0.141. The number of aliphatic carboxylic acids is 2. The number of benzene rings is 3. The van der Waals surface area contributed by atoms with Crippen molar-refractivity contribution in [2.45, 2.75) is 63.8 Å². The smallest absolute Gasteiger partial charge is 0.305 e. The number of azide groups is 1. The van der Waals surface area contributed by atoms with Gasteiger partial charge in [0, 0.05) is 47.5 Å². The molecule has 4 aromatic rings. The number of rotatable bonds is 31. The van der Waals surface area contributed by atoms with E-state index >= 15 is 0 Å². The van der Waals surface area contributed by atoms with Crippen LogP contribution in [0.3, 0.4) is 0 Å². The van der Waals surface area contributed by atoms with Gasteiger partial charge < -0.3 is 39.2 Å². The van der Waals surface area contributed by atoms with E-state index in [1.165, 1.54) is 0 Å². The van der Waals surface area contributed by atoms with Crippen molar-refractivity contribution in [3.05, 3.63) is 106 Å². The number of aromatic nitrogens is 1. The molecule has 0 radical (unpaired) electrons. The van der Waals surface area contributed by atoms with Crippen LogP contribution in [-0.4, -0.2) is 111 Å². The number of carbonyl (C=O) groups is 4. The van der Waals surface area contributed by atoms with Crippen LogP contribution in [0.2, 0.25) is 0 Å². The van der Waals surface area contributed by atoms with Gasteiger partial charge in [-0.2, -0.15) is 0 Å². The number of ketones is 1. The van der Waals surface area contributed by atoms with Crippen LogP contribution >= 0.6 is 0 Å². The zero-order valence-corrected chi connectivity index (χ0v) is 34.5. The lowest BCUT2D eigenvalue weighted by Gasteiger charge is -2.20. The van der Waals surface area contributed by atoms with Crippen molar-refractivity contribution in [2.75, 3.05) is 66.0 Å². The first-order chi connectivity index (χ1) is 29.6. The van der Waals surface area contributed by atoms with Crippen molar-refractivity contribution in [3.63, 3.8) is 0 Å². The molecule has 0 aliphatic carbocycles. The van der Waals surface area contributed by atoms with E-state index in [2.05, 4.69) is 20.3 Å². The second kappa shape index (κ2) is 27.0. The van der Waals surface area contributed by atoms with Crippen LogP contribution in [0, 0.1) is 6.92 Å². The Hall–Kier alpha value is -5.90. The summed E-state index contributed by atoms with van der Waals surface area (Å²) in [5.74, 6) is -3.39. The molecule has 4 rings (SSSR count). The Morgan fingerprint density at radius 1 is 0.754 bits per heavy atom. The first-order valence-electron chi connectivity index (χ1n) is 20.4. The van der Waals surface area contributed by atoms with Gasteiger partial charge in [0.05, 0.1) is 71.7 Å². The number of pyridine rings is 1. The second-order valence-corrected chi connectivity index (χ2v) is 14.2. The van der Waals surface area contributed by atoms with Crippen LogP contribution in [0.1, 0.15) is 61.3 Å². The molecule has 1 amide bonds. The largest absolute Gasteiger partial charge is 0.491 e. The molecule has 2 atom stereocenters. The maximum Gasteiger partial charge on any atom is 0.305 e. The molecule has 0 spiro atoms. The number of carboxylic acids is 2. The Labute approximate surface area is 355 Å². The van der Waals surface area contributed by atoms with Crippen LogP contribution < -0.4 is 10.1 Å². The fourth-order valence-electron chi connectivity index (χ4n) is 6.62. The number of hydrogen-bond donors (Lipinski definition) is 3. The zero-order valence-electron chi connectivity index (χ0n) is 34.5. The lowest BCUT2D eigenvalue weighted by atomic mass is 9.87. The van der Waals surface area contributed by atoms with Crippen LogP contribution in [0.15, 0.2) is 84.1 Å². The highest BCUT2D eigenvalue weighted by atomic mass is 16.6. The van der Waals surface area contributed by atoms with Crippen molar-refractivity contribution in [1.29, 1.82) is 0 Å². The molecule has 16 heteroatoms. The Balaban J connectivity index is 1.27. The number of nitrogens with zero attached hydrogens (tertiary/aromatic N) is 4. The maximum atomic E-state index is 13.5. The SMILES string of the molecule is Cc1ccnc(CCCCC(=O)N[C@@H](CC(=O)O)C(=O)C[C@@H](CC(=O)O)c2ccc(-c3ccc(OCCOCCOCCOCCOCCN=[N+]=[N-])c4ccccc34)cc2)c1. The van der Waals surface area contributed by atoms with Gasteiger partial charge in [0.25, 0.3) is 0 Å². The summed E-state index contributed by atoms with van der Waals surface area (Å²) in [4.78, 5) is 56.9. The van der Waals surface area contributed by atoms with Crippen LogP contribution in [-0.2, 0) is 44.5 Å². The standard InChI is InChI=1S/C45H55N5O11/c1-32-16-17-47-36(28-32)6-2-5-9-43(52)49-40(31-45(55)56)41(51)29-35(30-44(53)54)33-10-12-34(13-11-33)37-14-15-42(39-8-4-3-7-38(37)39)61-27-26-60-25-24-59-23-22-58-21-20-57-19-18-48-50-46/h3-4,7-8,10-17,28,35,40H,2,5-6,9,18-27,29-31H2,1H3,(H,49,52)(H,53,54)(H,55,56)/t35-,40-/m0/s1. The minimum atomic E-state index is -1.29. The van der Waals surface area contributed by atoms with Gasteiger partial charge in [-0.1, -0.05) is 59.7 Å². The summed E-state index contributed by atoms with van der Waals surface area (Å²) < 4.78 is 28.0. The third-order valence-electron chi connectivity index (χ3n) is 9.61. The number of Topliss-reactive ketones (excluding diaryl/α,β-unsaturated/α-hetero) is 1. The zero-order chi connectivity index (χ0) is 43.7. The fraction of sp³-hybridized carbons (Fsp3) is 0.444. The first kappa shape index (κ1) is 47.8. The molecule has 0 bridgehead atoms. The van der Waals surface area contributed by atoms with E-state index in [1.54, 1.807) is 18.3 Å². The average molecular weight is 842 g/mol. The van der Waals surface area contributed by atoms with Crippen molar-refractivity contribution in [3.8, 4) is 16.9 Å². The molecule has 326 valence electrons. The minimum Gasteiger partial charge on any atom is -0.491 e. The van der Waals surface area contributed by atoms with Crippen molar-refractivity contribution >= 4 is 34.4 Å². The molecule has 1 heterocycles. The molecule has 61 heavy (non-hydrogen) atoms. The quantitative estimate of drug-likeness (QED) is 0.0204. The number of fused-ring (bicyclic) bond motifs is 1. The van der Waals surface area contributed by atoms with Gasteiger partial charge in [-0.15, -0.1) is 0 Å². The Kier molecular flexibility index (Phi) is 21.2. The number of amides is 1. The molecule has 3 aromatic carbocycles. The minimum absolute atomic E-state index is 0.113. The molecule has 3 N–H and O–H groups in total. The van der Waals surface area contributed by atoms with Gasteiger partial charge in [0.1, 0.15) is 12.4 Å². The number of hydrogen-bond acceptors (Lipinski definition) is 11. The number of unbranched alkanes of at least 4 members (excludes halogenated alkanes) is 1. The van der Waals surface area contributed by atoms with E-state index < -0.39 is 42.0 Å². The van der Waals surface area contributed by atoms with Gasteiger partial charge in [-0.25, -0.2) is 0 Å². The first-order valence-corrected chi connectivity index (χ1v) is 20.4. The molecular formula is C45H55N5O11. The van der Waals surface area contributed by atoms with Crippen molar-refractivity contribution in [1.82, 2.24) is 10.3 Å². The number of carboxylic acid groups (broad SMARTS) is 2. The van der Waals surface area contributed by atoms with E-state index in [0.29, 0.717) is 96.6 Å². The number of ether oxygens (including phenoxy) is 5. The van der Waals surface area contributed by atoms with E-state index in [0.717, 1.165) is 33.2 Å². The molecule has 0 aliphatic rings. The van der Waals surface area contributed by atoms with E-state index in [-0.39, 0.29) is 19.3 Å². The maximum absolute atomic E-state index is 13.5. The summed E-state index contributed by atoms with van der Waals surface area (Å²) in [6.45, 7) is 5.82. The van der Waals surface area contributed by atoms with Crippen molar-refractivity contribution < 1.29 is 53.1 Å². The second-order valence-electron chi connectivity index (χ2n) is 14.2. The van der Waals surface area contributed by atoms with Crippen molar-refractivity contribution in [2.24, 2.45) is 5.11 Å². The van der Waals surface area contributed by atoms with Gasteiger partial charge in [-0.05, 0) is 77.6 Å². The molecular weight excluding hydrogens is 787 g/mol. The topological polar surface area (TPSA) is 229 Å². The Morgan fingerprint density at radius 2 is 1.39 bits per heavy atom. The summed E-state index contributed by atoms with van der Waals surface area (Å²) in [6, 6.07) is 21.6. The van der Waals surface area contributed by atoms with Gasteiger partial charge in [0.2, 0.25) is 5.91 Å². The Morgan fingerprint density at radius 3 is 2.03 bits per heavy atom. The fourth-order valence-corrected chi connectivity index (χ4v) is 6.62. The highest BCUT2D eigenvalue weighted by Crippen LogP contribution is 2.36. The molecule has 16 nitrogen and oxygen atoms in total. The lowest BCUT2D eigenvalue weighted by Crippen LogP contribution is -2.42. The number of carbonyl (C=O) groups excluding carboxylic acids is 2. The van der Waals surface area contributed by atoms with Crippen LogP contribution in [0.4, 0.5) is 0 Å². The normalized spacial score (nSPS) is 12.0. The predicted octanol–water partition coefficient (Wildman–Crippen LogP) is 6.86. The highest BCUT2D eigenvalue weighted by Gasteiger charge is 2.28. The monoisotopic (exact) mass is 841 g/mol. The average Bonchev–Trinajstić information content (AvgIpc) is 3.24. The third kappa shape index (κ3) is 17.7. The number of aryl methyl sites for hydroxylation is 2. The van der Waals surface area contributed by atoms with Gasteiger partial charge in [0.15, 0.2) is 5.78 Å². The molecule has 0 fully saturated rings. The molecule has 0 saturated carbocycles. The van der Waals surface area contributed by atoms with Crippen LogP contribution in [0.25, 0.3) is 32.3 Å².